The van der Waals surface area contributed by atoms with Gasteiger partial charge in [-0.05, 0) is 50.4 Å². The van der Waals surface area contributed by atoms with E-state index in [1.807, 2.05) is 31.4 Å². The van der Waals surface area contributed by atoms with Gasteiger partial charge in [0.15, 0.2) is 0 Å². The summed E-state index contributed by atoms with van der Waals surface area (Å²) in [6.45, 7) is 6.79. The predicted octanol–water partition coefficient (Wildman–Crippen LogP) is 2.42. The third-order valence-electron chi connectivity index (χ3n) is 4.28. The Bertz CT molecular complexity index is 421. The molecule has 2 rings (SSSR count). The molecule has 0 saturated carbocycles. The van der Waals surface area contributed by atoms with Crippen LogP contribution in [-0.2, 0) is 11.3 Å². The van der Waals surface area contributed by atoms with E-state index in [-0.39, 0.29) is 5.60 Å². The molecule has 1 heterocycles. The monoisotopic (exact) mass is 292 g/mol. The van der Waals surface area contributed by atoms with E-state index in [4.69, 9.17) is 15.2 Å². The van der Waals surface area contributed by atoms with E-state index in [2.05, 4.69) is 11.8 Å². The van der Waals surface area contributed by atoms with Gasteiger partial charge in [0.1, 0.15) is 5.75 Å². The van der Waals surface area contributed by atoms with Gasteiger partial charge in [0.2, 0.25) is 0 Å². The third kappa shape index (κ3) is 4.99. The van der Waals surface area contributed by atoms with Crippen LogP contribution in [0.5, 0.6) is 5.75 Å². The van der Waals surface area contributed by atoms with Crippen LogP contribution in [0.3, 0.4) is 0 Å². The van der Waals surface area contributed by atoms with Crippen molar-refractivity contribution in [1.29, 1.82) is 0 Å². The molecule has 118 valence electrons. The first-order valence-electron chi connectivity index (χ1n) is 7.84. The Labute approximate surface area is 128 Å². The second-order valence-corrected chi connectivity index (χ2v) is 6.08. The Balaban J connectivity index is 1.67. The Kier molecular flexibility index (Phi) is 6.03. The molecule has 1 aliphatic rings. The highest BCUT2D eigenvalue weighted by Crippen LogP contribution is 2.23. The molecular formula is C17H28N2O2. The van der Waals surface area contributed by atoms with Gasteiger partial charge in [-0.3, -0.25) is 0 Å². The zero-order valence-corrected chi connectivity index (χ0v) is 13.3. The molecule has 1 aromatic rings. The number of methoxy groups -OCH3 is 1. The summed E-state index contributed by atoms with van der Waals surface area (Å²) in [6, 6.07) is 8.02. The van der Waals surface area contributed by atoms with E-state index in [0.29, 0.717) is 6.54 Å². The summed E-state index contributed by atoms with van der Waals surface area (Å²) in [6.07, 6.45) is 3.41. The van der Waals surface area contributed by atoms with Crippen LogP contribution in [0.4, 0.5) is 0 Å². The van der Waals surface area contributed by atoms with Crippen molar-refractivity contribution in [3.8, 4) is 5.75 Å². The lowest BCUT2D eigenvalue weighted by Gasteiger charge is -2.39. The molecule has 4 nitrogen and oxygen atoms in total. The number of hydrogen-bond acceptors (Lipinski definition) is 4. The first-order valence-corrected chi connectivity index (χ1v) is 7.84. The number of nitrogens with two attached hydrogens (primary N) is 1. The van der Waals surface area contributed by atoms with Crippen LogP contribution in [0.2, 0.25) is 0 Å². The maximum atomic E-state index is 5.78. The van der Waals surface area contributed by atoms with Gasteiger partial charge in [0.05, 0.1) is 12.2 Å². The number of nitrogens with zero attached hydrogens (tertiary/aromatic N) is 1. The van der Waals surface area contributed by atoms with Crippen LogP contribution in [0, 0.1) is 0 Å². The zero-order valence-electron chi connectivity index (χ0n) is 13.3. The quantitative estimate of drug-likeness (QED) is 0.784. The van der Waals surface area contributed by atoms with Crippen molar-refractivity contribution in [2.45, 2.75) is 38.3 Å². The molecule has 4 heteroatoms. The number of rotatable bonds is 7. The molecule has 0 spiro atoms. The standard InChI is InChI=1S/C17H28N2O2/c1-17(20-2)9-3-10-19(14-17)11-4-12-21-16-7-5-15(13-18)6-8-16/h5-8H,3-4,9-14,18H2,1-2H3. The Hall–Kier alpha value is -1.10. The van der Waals surface area contributed by atoms with Crippen molar-refractivity contribution in [2.24, 2.45) is 5.73 Å². The fourth-order valence-electron chi connectivity index (χ4n) is 2.87. The first kappa shape index (κ1) is 16.3. The molecule has 1 fully saturated rings. The molecular weight excluding hydrogens is 264 g/mol. The fourth-order valence-corrected chi connectivity index (χ4v) is 2.87. The summed E-state index contributed by atoms with van der Waals surface area (Å²) in [5.74, 6) is 0.924. The smallest absolute Gasteiger partial charge is 0.119 e. The maximum absolute atomic E-state index is 5.78. The predicted molar refractivity (Wildman–Crippen MR) is 85.5 cm³/mol. The van der Waals surface area contributed by atoms with Crippen molar-refractivity contribution < 1.29 is 9.47 Å². The molecule has 0 aliphatic carbocycles. The largest absolute Gasteiger partial charge is 0.494 e. The number of hydrogen-bond donors (Lipinski definition) is 1. The van der Waals surface area contributed by atoms with Crippen molar-refractivity contribution >= 4 is 0 Å². The molecule has 1 atom stereocenters. The minimum Gasteiger partial charge on any atom is -0.494 e. The number of benzene rings is 1. The second-order valence-electron chi connectivity index (χ2n) is 6.08. The summed E-state index contributed by atoms with van der Waals surface area (Å²) < 4.78 is 11.4. The average Bonchev–Trinajstić information content (AvgIpc) is 2.52. The lowest BCUT2D eigenvalue weighted by molar-refractivity contribution is -0.0512. The van der Waals surface area contributed by atoms with Crippen LogP contribution in [0.1, 0.15) is 31.7 Å². The average molecular weight is 292 g/mol. The van der Waals surface area contributed by atoms with Gasteiger partial charge >= 0.3 is 0 Å². The van der Waals surface area contributed by atoms with Crippen LogP contribution < -0.4 is 10.5 Å². The number of likely N-dealkylation sites (tertiary alicyclic amines) is 1. The van der Waals surface area contributed by atoms with E-state index in [0.717, 1.165) is 43.9 Å². The van der Waals surface area contributed by atoms with Gasteiger partial charge in [-0.1, -0.05) is 12.1 Å². The molecule has 21 heavy (non-hydrogen) atoms. The van der Waals surface area contributed by atoms with Crippen LogP contribution in [0.15, 0.2) is 24.3 Å². The normalized spacial score (nSPS) is 23.2. The molecule has 1 saturated heterocycles. The summed E-state index contributed by atoms with van der Waals surface area (Å²) in [7, 11) is 1.82. The fraction of sp³-hybridized carbons (Fsp3) is 0.647. The molecule has 0 bridgehead atoms. The molecule has 0 amide bonds. The lowest BCUT2D eigenvalue weighted by Crippen LogP contribution is -2.47. The van der Waals surface area contributed by atoms with Crippen molar-refractivity contribution in [2.75, 3.05) is 33.4 Å². The first-order chi connectivity index (χ1) is 10.1. The summed E-state index contributed by atoms with van der Waals surface area (Å²) >= 11 is 0. The minimum absolute atomic E-state index is 0.0250. The van der Waals surface area contributed by atoms with Gasteiger partial charge in [0, 0.05) is 26.7 Å². The van der Waals surface area contributed by atoms with Crippen LogP contribution in [0.25, 0.3) is 0 Å². The highest BCUT2D eigenvalue weighted by atomic mass is 16.5. The zero-order chi connectivity index (χ0) is 15.1. The van der Waals surface area contributed by atoms with Gasteiger partial charge < -0.3 is 20.1 Å². The lowest BCUT2D eigenvalue weighted by atomic mass is 9.95. The van der Waals surface area contributed by atoms with Gasteiger partial charge in [-0.15, -0.1) is 0 Å². The van der Waals surface area contributed by atoms with Crippen molar-refractivity contribution in [3.05, 3.63) is 29.8 Å². The number of ether oxygens (including phenoxy) is 2. The Morgan fingerprint density at radius 3 is 2.71 bits per heavy atom. The summed E-state index contributed by atoms with van der Waals surface area (Å²) in [5, 5.41) is 0. The topological polar surface area (TPSA) is 47.7 Å². The van der Waals surface area contributed by atoms with Crippen molar-refractivity contribution in [3.63, 3.8) is 0 Å². The minimum atomic E-state index is 0.0250. The van der Waals surface area contributed by atoms with E-state index in [1.165, 1.54) is 13.0 Å². The maximum Gasteiger partial charge on any atom is 0.119 e. The van der Waals surface area contributed by atoms with E-state index in [1.54, 1.807) is 0 Å². The molecule has 0 aromatic heterocycles. The Morgan fingerprint density at radius 1 is 1.29 bits per heavy atom. The Morgan fingerprint density at radius 2 is 2.05 bits per heavy atom. The summed E-state index contributed by atoms with van der Waals surface area (Å²) in [4.78, 5) is 2.48. The molecule has 1 aromatic carbocycles. The SMILES string of the molecule is COC1(C)CCCN(CCCOc2ccc(CN)cc2)C1. The molecule has 1 unspecified atom stereocenters. The van der Waals surface area contributed by atoms with Crippen molar-refractivity contribution in [1.82, 2.24) is 4.90 Å². The molecule has 2 N–H and O–H groups in total. The van der Waals surface area contributed by atoms with E-state index >= 15 is 0 Å². The van der Waals surface area contributed by atoms with E-state index < -0.39 is 0 Å². The third-order valence-corrected chi connectivity index (χ3v) is 4.28. The molecule has 1 aliphatic heterocycles. The van der Waals surface area contributed by atoms with Gasteiger partial charge in [0.25, 0.3) is 0 Å². The van der Waals surface area contributed by atoms with Gasteiger partial charge in [-0.2, -0.15) is 0 Å². The number of piperidine rings is 1. The van der Waals surface area contributed by atoms with Crippen LogP contribution >= 0.6 is 0 Å². The second kappa shape index (κ2) is 7.78. The molecule has 0 radical (unpaired) electrons. The highest BCUT2D eigenvalue weighted by Gasteiger charge is 2.30. The van der Waals surface area contributed by atoms with E-state index in [9.17, 15) is 0 Å². The van der Waals surface area contributed by atoms with Crippen LogP contribution in [-0.4, -0.2) is 43.9 Å². The highest BCUT2D eigenvalue weighted by molar-refractivity contribution is 5.26. The van der Waals surface area contributed by atoms with Gasteiger partial charge in [-0.25, -0.2) is 0 Å². The summed E-state index contributed by atoms with van der Waals surface area (Å²) in [5.41, 5.74) is 6.74.